The summed E-state index contributed by atoms with van der Waals surface area (Å²) in [5.74, 6) is 0.578. The predicted octanol–water partition coefficient (Wildman–Crippen LogP) is 5.60. The van der Waals surface area contributed by atoms with Crippen LogP contribution in [0.5, 0.6) is 0 Å². The number of aromatic nitrogens is 1. The van der Waals surface area contributed by atoms with E-state index < -0.39 is 11.7 Å². The van der Waals surface area contributed by atoms with Crippen LogP contribution in [-0.2, 0) is 4.74 Å². The van der Waals surface area contributed by atoms with Crippen LogP contribution in [0.1, 0.15) is 75.8 Å². The molecule has 2 heterocycles. The van der Waals surface area contributed by atoms with Crippen molar-refractivity contribution in [1.82, 2.24) is 9.88 Å². The van der Waals surface area contributed by atoms with Gasteiger partial charge in [0.2, 0.25) is 0 Å². The minimum atomic E-state index is -0.611. The summed E-state index contributed by atoms with van der Waals surface area (Å²) in [7, 11) is 0. The van der Waals surface area contributed by atoms with E-state index in [-0.39, 0.29) is 18.0 Å². The Kier molecular flexibility index (Phi) is 6.98. The molecule has 31 heavy (non-hydrogen) atoms. The van der Waals surface area contributed by atoms with Gasteiger partial charge >= 0.3 is 6.09 Å². The van der Waals surface area contributed by atoms with Gasteiger partial charge in [0.1, 0.15) is 11.4 Å². The lowest BCUT2D eigenvalue weighted by molar-refractivity contribution is 0.0565. The third kappa shape index (κ3) is 5.24. The average Bonchev–Trinajstić information content (AvgIpc) is 3.22. The van der Waals surface area contributed by atoms with E-state index in [1.807, 2.05) is 82.0 Å². The van der Waals surface area contributed by atoms with Gasteiger partial charge in [0.15, 0.2) is 0 Å². The van der Waals surface area contributed by atoms with Gasteiger partial charge in [-0.3, -0.25) is 9.69 Å². The smallest absolute Gasteiger partial charge is 0.416 e. The number of pyridine rings is 1. The van der Waals surface area contributed by atoms with Crippen molar-refractivity contribution >= 4 is 17.8 Å². The molecule has 0 saturated carbocycles. The molecule has 1 aliphatic heterocycles. The maximum absolute atomic E-state index is 13.2. The van der Waals surface area contributed by atoms with Crippen LogP contribution < -0.4 is 4.90 Å². The lowest BCUT2D eigenvalue weighted by Crippen LogP contribution is -2.43. The van der Waals surface area contributed by atoms with Crippen molar-refractivity contribution in [2.24, 2.45) is 0 Å². The van der Waals surface area contributed by atoms with Crippen molar-refractivity contribution in [2.45, 2.75) is 71.6 Å². The van der Waals surface area contributed by atoms with Gasteiger partial charge in [0.25, 0.3) is 5.91 Å². The van der Waals surface area contributed by atoms with E-state index in [2.05, 4.69) is 4.98 Å². The second-order valence-electron chi connectivity index (χ2n) is 9.05. The van der Waals surface area contributed by atoms with E-state index in [4.69, 9.17) is 4.74 Å². The number of carbonyl (C=O) groups is 2. The highest BCUT2D eigenvalue weighted by molar-refractivity contribution is 5.95. The van der Waals surface area contributed by atoms with E-state index in [9.17, 15) is 9.59 Å². The van der Waals surface area contributed by atoms with E-state index in [1.165, 1.54) is 0 Å². The Bertz CT molecular complexity index is 908. The Labute approximate surface area is 185 Å². The van der Waals surface area contributed by atoms with Gasteiger partial charge in [0.05, 0.1) is 6.04 Å². The van der Waals surface area contributed by atoms with Crippen molar-refractivity contribution in [3.63, 3.8) is 0 Å². The van der Waals surface area contributed by atoms with Crippen molar-refractivity contribution in [2.75, 3.05) is 11.4 Å². The first-order chi connectivity index (χ1) is 14.7. The summed E-state index contributed by atoms with van der Waals surface area (Å²) in [6, 6.07) is 13.0. The number of ether oxygens (including phenoxy) is 1. The number of rotatable bonds is 5. The van der Waals surface area contributed by atoms with Crippen LogP contribution >= 0.6 is 0 Å². The van der Waals surface area contributed by atoms with Gasteiger partial charge in [0, 0.05) is 29.9 Å². The SMILES string of the molecule is CC[C@@H](C)N(C(=O)OC(C)(C)C)c1ncccc1[C@H]1CCCN1C(=O)c1ccccc1. The summed E-state index contributed by atoms with van der Waals surface area (Å²) >= 11 is 0. The third-order valence-electron chi connectivity index (χ3n) is 5.56. The molecule has 1 aromatic heterocycles. The zero-order valence-corrected chi connectivity index (χ0v) is 19.2. The van der Waals surface area contributed by atoms with Crippen LogP contribution in [0.3, 0.4) is 0 Å². The highest BCUT2D eigenvalue weighted by Crippen LogP contribution is 2.38. The highest BCUT2D eigenvalue weighted by atomic mass is 16.6. The van der Waals surface area contributed by atoms with E-state index in [0.29, 0.717) is 17.9 Å². The largest absolute Gasteiger partial charge is 0.443 e. The number of amides is 2. The first-order valence-electron chi connectivity index (χ1n) is 11.1. The number of anilines is 1. The van der Waals surface area contributed by atoms with Gasteiger partial charge in [-0.2, -0.15) is 0 Å². The molecule has 0 unspecified atom stereocenters. The molecule has 166 valence electrons. The lowest BCUT2D eigenvalue weighted by Gasteiger charge is -2.34. The Balaban J connectivity index is 1.99. The van der Waals surface area contributed by atoms with E-state index >= 15 is 0 Å². The van der Waals surface area contributed by atoms with E-state index in [1.54, 1.807) is 11.1 Å². The van der Waals surface area contributed by atoms with Crippen molar-refractivity contribution < 1.29 is 14.3 Å². The monoisotopic (exact) mass is 423 g/mol. The molecule has 0 radical (unpaired) electrons. The molecule has 0 bridgehead atoms. The molecule has 1 aliphatic rings. The zero-order chi connectivity index (χ0) is 22.6. The number of hydrogen-bond donors (Lipinski definition) is 0. The Morgan fingerprint density at radius 1 is 1.19 bits per heavy atom. The van der Waals surface area contributed by atoms with Crippen molar-refractivity contribution in [3.05, 3.63) is 59.8 Å². The molecule has 1 aromatic carbocycles. The number of nitrogens with zero attached hydrogens (tertiary/aromatic N) is 3. The van der Waals surface area contributed by atoms with Crippen molar-refractivity contribution in [3.8, 4) is 0 Å². The Hall–Kier alpha value is -2.89. The first kappa shape index (κ1) is 22.8. The van der Waals surface area contributed by atoms with Crippen LogP contribution in [0.4, 0.5) is 10.6 Å². The minimum absolute atomic E-state index is 0.00487. The Morgan fingerprint density at radius 3 is 2.55 bits per heavy atom. The van der Waals surface area contributed by atoms with Crippen molar-refractivity contribution in [1.29, 1.82) is 0 Å². The zero-order valence-electron chi connectivity index (χ0n) is 19.2. The van der Waals surface area contributed by atoms with Gasteiger partial charge in [-0.1, -0.05) is 31.2 Å². The van der Waals surface area contributed by atoms with Gasteiger partial charge in [-0.05, 0) is 65.2 Å². The summed E-state index contributed by atoms with van der Waals surface area (Å²) in [4.78, 5) is 34.5. The molecule has 1 saturated heterocycles. The molecule has 0 N–H and O–H groups in total. The summed E-state index contributed by atoms with van der Waals surface area (Å²) in [5, 5.41) is 0. The normalized spacial score (nSPS) is 17.3. The lowest BCUT2D eigenvalue weighted by atomic mass is 10.0. The van der Waals surface area contributed by atoms with E-state index in [0.717, 1.165) is 24.8 Å². The molecule has 3 rings (SSSR count). The quantitative estimate of drug-likeness (QED) is 0.628. The second-order valence-corrected chi connectivity index (χ2v) is 9.05. The van der Waals surface area contributed by atoms with Crippen LogP contribution in [0.2, 0.25) is 0 Å². The fourth-order valence-corrected chi connectivity index (χ4v) is 3.92. The molecule has 1 fully saturated rings. The molecule has 6 nitrogen and oxygen atoms in total. The molecule has 0 spiro atoms. The van der Waals surface area contributed by atoms with Gasteiger partial charge in [-0.25, -0.2) is 9.78 Å². The Morgan fingerprint density at radius 2 is 1.90 bits per heavy atom. The first-order valence-corrected chi connectivity index (χ1v) is 11.1. The number of likely N-dealkylation sites (tertiary alicyclic amines) is 1. The minimum Gasteiger partial charge on any atom is -0.443 e. The van der Waals surface area contributed by atoms with Crippen LogP contribution in [0, 0.1) is 0 Å². The maximum Gasteiger partial charge on any atom is 0.416 e. The summed E-state index contributed by atoms with van der Waals surface area (Å²) in [6.07, 6.45) is 3.78. The average molecular weight is 424 g/mol. The summed E-state index contributed by atoms with van der Waals surface area (Å²) in [6.45, 7) is 10.3. The summed E-state index contributed by atoms with van der Waals surface area (Å²) < 4.78 is 5.70. The van der Waals surface area contributed by atoms with Crippen LogP contribution in [0.25, 0.3) is 0 Å². The molecule has 2 atom stereocenters. The van der Waals surface area contributed by atoms with Gasteiger partial charge < -0.3 is 9.64 Å². The molecule has 0 aliphatic carbocycles. The molecular weight excluding hydrogens is 390 g/mol. The highest BCUT2D eigenvalue weighted by Gasteiger charge is 2.36. The number of benzene rings is 1. The number of carbonyl (C=O) groups excluding carboxylic acids is 2. The van der Waals surface area contributed by atoms with Crippen LogP contribution in [-0.4, -0.2) is 40.1 Å². The third-order valence-corrected chi connectivity index (χ3v) is 5.56. The molecule has 2 aromatic rings. The van der Waals surface area contributed by atoms with Gasteiger partial charge in [-0.15, -0.1) is 0 Å². The molecular formula is C25H33N3O3. The van der Waals surface area contributed by atoms with Crippen LogP contribution in [0.15, 0.2) is 48.7 Å². The fourth-order valence-electron chi connectivity index (χ4n) is 3.92. The summed E-state index contributed by atoms with van der Waals surface area (Å²) in [5.41, 5.74) is 0.946. The molecule has 6 heteroatoms. The maximum atomic E-state index is 13.2. The topological polar surface area (TPSA) is 62.7 Å². The molecule has 2 amide bonds. The standard InChI is InChI=1S/C25H33N3O3/c1-6-18(2)28(24(30)31-25(3,4)5)22-20(14-10-16-26-22)21-15-11-17-27(21)23(29)19-12-8-7-9-13-19/h7-10,12-14,16,18,21H,6,11,15,17H2,1-5H3/t18-,21-/m1/s1. The second kappa shape index (κ2) is 9.50. The number of hydrogen-bond acceptors (Lipinski definition) is 4. The fraction of sp³-hybridized carbons (Fsp3) is 0.480. The predicted molar refractivity (Wildman–Crippen MR) is 122 cm³/mol.